The van der Waals surface area contributed by atoms with Gasteiger partial charge in [0.2, 0.25) is 0 Å². The van der Waals surface area contributed by atoms with Gasteiger partial charge >= 0.3 is 5.97 Å². The van der Waals surface area contributed by atoms with Crippen LogP contribution in [0.2, 0.25) is 0 Å². The molecule has 0 spiro atoms. The summed E-state index contributed by atoms with van der Waals surface area (Å²) in [6.07, 6.45) is 2.54. The van der Waals surface area contributed by atoms with E-state index in [2.05, 4.69) is 37.3 Å². The van der Waals surface area contributed by atoms with Crippen molar-refractivity contribution in [2.75, 3.05) is 13.7 Å². The number of esters is 1. The van der Waals surface area contributed by atoms with Crippen LogP contribution in [0.3, 0.4) is 0 Å². The number of nitrogens with zero attached hydrogens (tertiary/aromatic N) is 4. The first-order valence-corrected chi connectivity index (χ1v) is 12.8. The van der Waals surface area contributed by atoms with Crippen LogP contribution in [0.1, 0.15) is 49.0 Å². The third-order valence-corrected chi connectivity index (χ3v) is 6.84. The van der Waals surface area contributed by atoms with E-state index in [-0.39, 0.29) is 18.1 Å². The van der Waals surface area contributed by atoms with Gasteiger partial charge in [0.15, 0.2) is 6.61 Å². The standard InChI is InChI=1S/C28H29BrN4O4/c1-6-17(2)27-31-25-12-7-21(29)14-24(25)28(35)33(27)30-15-20-13-18(3)32(19(20)4)22-8-10-23(11-9-22)37-16-26(34)36-5/h7-15,17H,6,16H2,1-5H3/t17-/m0/s1. The number of rotatable bonds is 8. The quantitative estimate of drug-likeness (QED) is 0.208. The van der Waals surface area contributed by atoms with Crippen LogP contribution in [0.4, 0.5) is 0 Å². The molecule has 0 aliphatic carbocycles. The molecule has 0 unspecified atom stereocenters. The van der Waals surface area contributed by atoms with E-state index in [1.165, 1.54) is 11.8 Å². The number of carbonyl (C=O) groups excluding carboxylic acids is 1. The van der Waals surface area contributed by atoms with Crippen LogP contribution in [0, 0.1) is 13.8 Å². The van der Waals surface area contributed by atoms with Gasteiger partial charge in [0, 0.05) is 33.0 Å². The first-order chi connectivity index (χ1) is 17.7. The minimum atomic E-state index is -0.435. The van der Waals surface area contributed by atoms with Gasteiger partial charge in [-0.05, 0) is 68.8 Å². The summed E-state index contributed by atoms with van der Waals surface area (Å²) in [6, 6.07) is 15.0. The SMILES string of the molecule is CC[C@H](C)c1nc2ccc(Br)cc2c(=O)n1N=Cc1cc(C)n(-c2ccc(OCC(=O)OC)cc2)c1C. The minimum Gasteiger partial charge on any atom is -0.482 e. The van der Waals surface area contributed by atoms with Crippen molar-refractivity contribution in [1.29, 1.82) is 0 Å². The predicted molar refractivity (Wildman–Crippen MR) is 148 cm³/mol. The molecule has 2 heterocycles. The van der Waals surface area contributed by atoms with E-state index in [9.17, 15) is 9.59 Å². The summed E-state index contributed by atoms with van der Waals surface area (Å²) in [6.45, 7) is 7.98. The van der Waals surface area contributed by atoms with E-state index in [1.54, 1.807) is 12.3 Å². The van der Waals surface area contributed by atoms with Gasteiger partial charge in [0.05, 0.1) is 24.2 Å². The molecule has 0 aliphatic rings. The number of aromatic nitrogens is 3. The van der Waals surface area contributed by atoms with Crippen molar-refractivity contribution in [3.05, 3.63) is 86.1 Å². The van der Waals surface area contributed by atoms with Crippen LogP contribution in [-0.2, 0) is 9.53 Å². The van der Waals surface area contributed by atoms with Crippen molar-refractivity contribution in [2.24, 2.45) is 5.10 Å². The third-order valence-electron chi connectivity index (χ3n) is 6.35. The van der Waals surface area contributed by atoms with Gasteiger partial charge in [-0.1, -0.05) is 29.8 Å². The van der Waals surface area contributed by atoms with Crippen LogP contribution in [0.5, 0.6) is 5.75 Å². The lowest BCUT2D eigenvalue weighted by atomic mass is 10.1. The fraction of sp³-hybridized carbons (Fsp3) is 0.286. The summed E-state index contributed by atoms with van der Waals surface area (Å²) in [5.41, 5.74) is 4.27. The molecule has 192 valence electrons. The lowest BCUT2D eigenvalue weighted by molar-refractivity contribution is -0.142. The Balaban J connectivity index is 1.69. The maximum atomic E-state index is 13.4. The highest BCUT2D eigenvalue weighted by molar-refractivity contribution is 9.10. The molecule has 9 heteroatoms. The van der Waals surface area contributed by atoms with Gasteiger partial charge in [-0.15, -0.1) is 0 Å². The number of hydrogen-bond acceptors (Lipinski definition) is 6. The Kier molecular flexibility index (Phi) is 7.92. The highest BCUT2D eigenvalue weighted by Gasteiger charge is 2.16. The van der Waals surface area contributed by atoms with Crippen LogP contribution >= 0.6 is 15.9 Å². The first-order valence-electron chi connectivity index (χ1n) is 12.0. The Labute approximate surface area is 223 Å². The summed E-state index contributed by atoms with van der Waals surface area (Å²) < 4.78 is 14.4. The van der Waals surface area contributed by atoms with Crippen molar-refractivity contribution >= 4 is 39.0 Å². The zero-order valence-electron chi connectivity index (χ0n) is 21.5. The lowest BCUT2D eigenvalue weighted by Gasteiger charge is -2.14. The van der Waals surface area contributed by atoms with Crippen LogP contribution < -0.4 is 10.3 Å². The molecule has 8 nitrogen and oxygen atoms in total. The number of ether oxygens (including phenoxy) is 2. The van der Waals surface area contributed by atoms with Crippen LogP contribution in [0.25, 0.3) is 16.6 Å². The Morgan fingerprint density at radius 1 is 1.16 bits per heavy atom. The van der Waals surface area contributed by atoms with Gasteiger partial charge in [-0.25, -0.2) is 9.78 Å². The summed E-state index contributed by atoms with van der Waals surface area (Å²) >= 11 is 3.45. The molecule has 0 saturated heterocycles. The van der Waals surface area contributed by atoms with Crippen molar-refractivity contribution < 1.29 is 14.3 Å². The molecule has 0 bridgehead atoms. The highest BCUT2D eigenvalue weighted by Crippen LogP contribution is 2.23. The fourth-order valence-corrected chi connectivity index (χ4v) is 4.47. The van der Waals surface area contributed by atoms with E-state index < -0.39 is 5.97 Å². The summed E-state index contributed by atoms with van der Waals surface area (Å²) in [7, 11) is 1.32. The summed E-state index contributed by atoms with van der Waals surface area (Å²) in [5, 5.41) is 5.13. The average Bonchev–Trinajstić information content (AvgIpc) is 3.19. The Bertz CT molecular complexity index is 1540. The van der Waals surface area contributed by atoms with Crippen molar-refractivity contribution in [2.45, 2.75) is 40.0 Å². The number of benzene rings is 2. The monoisotopic (exact) mass is 564 g/mol. The van der Waals surface area contributed by atoms with E-state index >= 15 is 0 Å². The maximum absolute atomic E-state index is 13.4. The van der Waals surface area contributed by atoms with Crippen molar-refractivity contribution in [3.8, 4) is 11.4 Å². The molecule has 37 heavy (non-hydrogen) atoms. The van der Waals surface area contributed by atoms with E-state index in [4.69, 9.17) is 9.72 Å². The minimum absolute atomic E-state index is 0.0604. The molecule has 0 N–H and O–H groups in total. The smallest absolute Gasteiger partial charge is 0.343 e. The van der Waals surface area contributed by atoms with E-state index in [0.717, 1.165) is 33.5 Å². The molecule has 0 fully saturated rings. The molecule has 0 amide bonds. The Morgan fingerprint density at radius 3 is 2.57 bits per heavy atom. The van der Waals surface area contributed by atoms with E-state index in [1.807, 2.05) is 63.2 Å². The first kappa shape index (κ1) is 26.3. The second kappa shape index (κ2) is 11.1. The van der Waals surface area contributed by atoms with Gasteiger partial charge in [-0.3, -0.25) is 4.79 Å². The topological polar surface area (TPSA) is 87.7 Å². The second-order valence-electron chi connectivity index (χ2n) is 8.82. The summed E-state index contributed by atoms with van der Waals surface area (Å²) in [5.74, 6) is 0.834. The third kappa shape index (κ3) is 5.51. The molecule has 4 aromatic rings. The van der Waals surface area contributed by atoms with Crippen LogP contribution in [0.15, 0.2) is 62.9 Å². The normalized spacial score (nSPS) is 12.3. The molecule has 0 aliphatic heterocycles. The molecule has 2 aromatic carbocycles. The number of methoxy groups -OCH3 is 1. The van der Waals surface area contributed by atoms with Crippen molar-refractivity contribution in [3.63, 3.8) is 0 Å². The zero-order chi connectivity index (χ0) is 26.7. The Hall–Kier alpha value is -3.72. The zero-order valence-corrected chi connectivity index (χ0v) is 23.1. The molecule has 1 atom stereocenters. The number of carbonyl (C=O) groups is 1. The molecule has 0 radical (unpaired) electrons. The second-order valence-corrected chi connectivity index (χ2v) is 9.74. The number of aryl methyl sites for hydroxylation is 1. The molecule has 2 aromatic heterocycles. The fourth-order valence-electron chi connectivity index (χ4n) is 4.11. The number of fused-ring (bicyclic) bond motifs is 1. The van der Waals surface area contributed by atoms with Gasteiger partial charge < -0.3 is 14.0 Å². The average molecular weight is 565 g/mol. The molecular formula is C28H29BrN4O4. The van der Waals surface area contributed by atoms with Crippen LogP contribution in [-0.4, -0.2) is 40.1 Å². The lowest BCUT2D eigenvalue weighted by Crippen LogP contribution is -2.23. The largest absolute Gasteiger partial charge is 0.482 e. The van der Waals surface area contributed by atoms with E-state index in [0.29, 0.717) is 22.5 Å². The van der Waals surface area contributed by atoms with Gasteiger partial charge in [0.25, 0.3) is 5.56 Å². The summed E-state index contributed by atoms with van der Waals surface area (Å²) in [4.78, 5) is 29.5. The highest BCUT2D eigenvalue weighted by atomic mass is 79.9. The number of halogens is 1. The number of hydrogen-bond donors (Lipinski definition) is 0. The molecule has 4 rings (SSSR count). The Morgan fingerprint density at radius 2 is 1.89 bits per heavy atom. The molecule has 0 saturated carbocycles. The van der Waals surface area contributed by atoms with Gasteiger partial charge in [0.1, 0.15) is 11.6 Å². The molecular weight excluding hydrogens is 536 g/mol. The van der Waals surface area contributed by atoms with Crippen molar-refractivity contribution in [1.82, 2.24) is 14.2 Å². The van der Waals surface area contributed by atoms with Gasteiger partial charge in [-0.2, -0.15) is 9.78 Å². The predicted octanol–water partition coefficient (Wildman–Crippen LogP) is 5.51. The maximum Gasteiger partial charge on any atom is 0.343 e.